The van der Waals surface area contributed by atoms with Crippen molar-refractivity contribution in [3.8, 4) is 0 Å². The molecule has 3 N–H and O–H groups in total. The van der Waals surface area contributed by atoms with Crippen molar-refractivity contribution in [3.63, 3.8) is 0 Å². The Morgan fingerprint density at radius 3 is 2.24 bits per heavy atom. The van der Waals surface area contributed by atoms with Crippen LogP contribution in [-0.2, 0) is 16.0 Å². The first-order valence-corrected chi connectivity index (χ1v) is 5.48. The zero-order chi connectivity index (χ0) is 12.0. The lowest BCUT2D eigenvalue weighted by atomic mass is 10.1. The maximum absolute atomic E-state index is 11.5. The number of allylic oxidation sites excluding steroid dienone is 2. The Bertz CT molecular complexity index is 378. The van der Waals surface area contributed by atoms with E-state index in [0.29, 0.717) is 12.2 Å². The summed E-state index contributed by atoms with van der Waals surface area (Å²) in [5.41, 5.74) is 2.20. The quantitative estimate of drug-likeness (QED) is 0.640. The smallest absolute Gasteiger partial charge is 0.311 e. The first kappa shape index (κ1) is 15.4. The fourth-order valence-corrected chi connectivity index (χ4v) is 1.21. The molecule has 0 heterocycles. The number of esters is 1. The fourth-order valence-electron chi connectivity index (χ4n) is 1.21. The standard InChI is InChI=1S/C14H18O2.H3N/c1-11(2)12(3)16-14(15)10-9-13-7-5-4-6-8-13;/h4-8H,9-10H2,1-3H3;1H3. The van der Waals surface area contributed by atoms with Crippen LogP contribution in [0.15, 0.2) is 41.7 Å². The van der Waals surface area contributed by atoms with Gasteiger partial charge in [0.05, 0.1) is 0 Å². The topological polar surface area (TPSA) is 61.3 Å². The van der Waals surface area contributed by atoms with Crippen molar-refractivity contribution in [1.29, 1.82) is 0 Å². The summed E-state index contributed by atoms with van der Waals surface area (Å²) in [7, 11) is 0. The molecule has 0 aliphatic carbocycles. The summed E-state index contributed by atoms with van der Waals surface area (Å²) in [6.45, 7) is 5.68. The largest absolute Gasteiger partial charge is 0.431 e. The molecule has 0 aliphatic heterocycles. The third kappa shape index (κ3) is 5.88. The molecule has 94 valence electrons. The van der Waals surface area contributed by atoms with Gasteiger partial charge in [0, 0.05) is 6.42 Å². The second-order valence-electron chi connectivity index (χ2n) is 4.02. The number of carbonyl (C=O) groups excluding carboxylic acids is 1. The number of hydrogen-bond acceptors (Lipinski definition) is 3. The lowest BCUT2D eigenvalue weighted by Gasteiger charge is -2.06. The van der Waals surface area contributed by atoms with Crippen LogP contribution in [0.5, 0.6) is 0 Å². The Morgan fingerprint density at radius 2 is 1.71 bits per heavy atom. The van der Waals surface area contributed by atoms with Crippen molar-refractivity contribution in [2.75, 3.05) is 0 Å². The molecule has 1 aromatic carbocycles. The summed E-state index contributed by atoms with van der Waals surface area (Å²) in [4.78, 5) is 11.5. The Morgan fingerprint density at radius 1 is 1.12 bits per heavy atom. The minimum atomic E-state index is -0.164. The van der Waals surface area contributed by atoms with Gasteiger partial charge in [0.2, 0.25) is 0 Å². The molecule has 1 rings (SSSR count). The molecule has 0 radical (unpaired) electrons. The van der Waals surface area contributed by atoms with E-state index in [1.807, 2.05) is 51.1 Å². The Kier molecular flexibility index (Phi) is 6.91. The highest BCUT2D eigenvalue weighted by Crippen LogP contribution is 2.08. The van der Waals surface area contributed by atoms with Gasteiger partial charge in [-0.1, -0.05) is 30.3 Å². The van der Waals surface area contributed by atoms with E-state index in [-0.39, 0.29) is 12.1 Å². The number of rotatable bonds is 4. The highest BCUT2D eigenvalue weighted by molar-refractivity contribution is 5.70. The third-order valence-corrected chi connectivity index (χ3v) is 2.43. The van der Waals surface area contributed by atoms with Crippen LogP contribution in [0.25, 0.3) is 0 Å². The lowest BCUT2D eigenvalue weighted by Crippen LogP contribution is -2.05. The molecule has 0 atom stereocenters. The van der Waals surface area contributed by atoms with Crippen LogP contribution >= 0.6 is 0 Å². The first-order chi connectivity index (χ1) is 7.59. The van der Waals surface area contributed by atoms with E-state index in [4.69, 9.17) is 4.74 Å². The van der Waals surface area contributed by atoms with Crippen LogP contribution in [0.1, 0.15) is 32.8 Å². The number of aryl methyl sites for hydroxylation is 1. The van der Waals surface area contributed by atoms with E-state index in [0.717, 1.165) is 17.6 Å². The van der Waals surface area contributed by atoms with Crippen molar-refractivity contribution in [3.05, 3.63) is 47.2 Å². The van der Waals surface area contributed by atoms with Crippen LogP contribution in [0.4, 0.5) is 0 Å². The van der Waals surface area contributed by atoms with Crippen molar-refractivity contribution in [2.45, 2.75) is 33.6 Å². The highest BCUT2D eigenvalue weighted by Gasteiger charge is 2.05. The summed E-state index contributed by atoms with van der Waals surface area (Å²) in [5.74, 6) is 0.542. The zero-order valence-electron chi connectivity index (χ0n) is 10.8. The molecule has 0 aromatic heterocycles. The van der Waals surface area contributed by atoms with Gasteiger partial charge in [-0.25, -0.2) is 0 Å². The normalized spacial score (nSPS) is 9.12. The van der Waals surface area contributed by atoms with Gasteiger partial charge >= 0.3 is 5.97 Å². The van der Waals surface area contributed by atoms with Crippen molar-refractivity contribution in [1.82, 2.24) is 6.15 Å². The molecule has 3 heteroatoms. The summed E-state index contributed by atoms with van der Waals surface area (Å²) < 4.78 is 5.17. The number of carbonyl (C=O) groups is 1. The molecule has 0 spiro atoms. The molecule has 0 unspecified atom stereocenters. The maximum Gasteiger partial charge on any atom is 0.311 e. The minimum absolute atomic E-state index is 0. The Balaban J connectivity index is 0.00000256. The minimum Gasteiger partial charge on any atom is -0.431 e. The highest BCUT2D eigenvalue weighted by atomic mass is 16.5. The molecule has 1 aromatic rings. The monoisotopic (exact) mass is 235 g/mol. The van der Waals surface area contributed by atoms with Gasteiger partial charge in [-0.3, -0.25) is 4.79 Å². The lowest BCUT2D eigenvalue weighted by molar-refractivity contribution is -0.139. The summed E-state index contributed by atoms with van der Waals surface area (Å²) in [6, 6.07) is 9.95. The number of hydrogen-bond donors (Lipinski definition) is 1. The average molecular weight is 235 g/mol. The molecule has 0 fully saturated rings. The molecular weight excluding hydrogens is 214 g/mol. The van der Waals surface area contributed by atoms with E-state index < -0.39 is 0 Å². The number of benzene rings is 1. The molecule has 17 heavy (non-hydrogen) atoms. The van der Waals surface area contributed by atoms with Gasteiger partial charge in [-0.05, 0) is 38.3 Å². The van der Waals surface area contributed by atoms with Gasteiger partial charge in [0.1, 0.15) is 5.76 Å². The average Bonchev–Trinajstić information content (AvgIpc) is 2.27. The van der Waals surface area contributed by atoms with Crippen LogP contribution in [-0.4, -0.2) is 5.97 Å². The van der Waals surface area contributed by atoms with E-state index in [1.54, 1.807) is 0 Å². The SMILES string of the molecule is CC(C)=C(C)OC(=O)CCc1ccccc1.N. The van der Waals surface area contributed by atoms with Crippen LogP contribution in [0, 0.1) is 0 Å². The molecule has 0 saturated carbocycles. The van der Waals surface area contributed by atoms with Crippen molar-refractivity contribution < 1.29 is 9.53 Å². The Hall–Kier alpha value is -1.61. The summed E-state index contributed by atoms with van der Waals surface area (Å²) in [6.07, 6.45) is 1.16. The maximum atomic E-state index is 11.5. The second kappa shape index (κ2) is 7.63. The van der Waals surface area contributed by atoms with E-state index in [2.05, 4.69) is 0 Å². The number of ether oxygens (including phenoxy) is 1. The van der Waals surface area contributed by atoms with Gasteiger partial charge in [-0.2, -0.15) is 0 Å². The van der Waals surface area contributed by atoms with Crippen LogP contribution in [0.2, 0.25) is 0 Å². The van der Waals surface area contributed by atoms with E-state index >= 15 is 0 Å². The van der Waals surface area contributed by atoms with E-state index in [9.17, 15) is 4.79 Å². The van der Waals surface area contributed by atoms with Gasteiger partial charge < -0.3 is 10.9 Å². The molecule has 0 saturated heterocycles. The molecule has 0 amide bonds. The fraction of sp³-hybridized carbons (Fsp3) is 0.357. The third-order valence-electron chi connectivity index (χ3n) is 2.43. The predicted octanol–water partition coefficient (Wildman–Crippen LogP) is 3.64. The van der Waals surface area contributed by atoms with Crippen molar-refractivity contribution >= 4 is 5.97 Å². The van der Waals surface area contributed by atoms with Gasteiger partial charge in [0.15, 0.2) is 0 Å². The van der Waals surface area contributed by atoms with E-state index in [1.165, 1.54) is 0 Å². The zero-order valence-corrected chi connectivity index (χ0v) is 10.8. The summed E-state index contributed by atoms with van der Waals surface area (Å²) in [5, 5.41) is 0. The second-order valence-corrected chi connectivity index (χ2v) is 4.02. The van der Waals surface area contributed by atoms with Crippen LogP contribution in [0.3, 0.4) is 0 Å². The van der Waals surface area contributed by atoms with Gasteiger partial charge in [-0.15, -0.1) is 0 Å². The van der Waals surface area contributed by atoms with Gasteiger partial charge in [0.25, 0.3) is 0 Å². The van der Waals surface area contributed by atoms with Crippen LogP contribution < -0.4 is 6.15 Å². The Labute approximate surface area is 103 Å². The molecular formula is C14H21NO2. The first-order valence-electron chi connectivity index (χ1n) is 5.48. The molecule has 0 aliphatic rings. The predicted molar refractivity (Wildman–Crippen MR) is 69.9 cm³/mol. The molecule has 0 bridgehead atoms. The molecule has 3 nitrogen and oxygen atoms in total. The summed E-state index contributed by atoms with van der Waals surface area (Å²) >= 11 is 0. The van der Waals surface area contributed by atoms with Crippen molar-refractivity contribution in [2.24, 2.45) is 0 Å².